The van der Waals surface area contributed by atoms with Crippen molar-refractivity contribution in [3.05, 3.63) is 23.8 Å². The zero-order valence-electron chi connectivity index (χ0n) is 10.4. The van der Waals surface area contributed by atoms with Gasteiger partial charge in [0.1, 0.15) is 11.5 Å². The Morgan fingerprint density at radius 3 is 2.71 bits per heavy atom. The maximum atomic E-state index is 11.3. The smallest absolute Gasteiger partial charge is 0.310 e. The normalized spacial score (nSPS) is 10.4. The van der Waals surface area contributed by atoms with Crippen molar-refractivity contribution in [2.75, 3.05) is 6.61 Å². The highest BCUT2D eigenvalue weighted by atomic mass is 16.5. The van der Waals surface area contributed by atoms with Crippen molar-refractivity contribution in [1.82, 2.24) is 0 Å². The summed E-state index contributed by atoms with van der Waals surface area (Å²) in [4.78, 5) is 11.3. The van der Waals surface area contributed by atoms with Crippen LogP contribution in [0.5, 0.6) is 11.5 Å². The number of rotatable bonds is 5. The van der Waals surface area contributed by atoms with Gasteiger partial charge in [0.2, 0.25) is 0 Å². The molecule has 0 fully saturated rings. The number of hydrogen-bond donors (Lipinski definition) is 1. The van der Waals surface area contributed by atoms with Gasteiger partial charge in [-0.1, -0.05) is 0 Å². The van der Waals surface area contributed by atoms with Crippen molar-refractivity contribution in [3.8, 4) is 11.5 Å². The fraction of sp³-hybridized carbons (Fsp3) is 0.462. The Morgan fingerprint density at radius 1 is 1.41 bits per heavy atom. The highest BCUT2D eigenvalue weighted by Gasteiger charge is 2.10. The van der Waals surface area contributed by atoms with Gasteiger partial charge in [0.05, 0.1) is 19.1 Å². The average Bonchev–Trinajstić information content (AvgIpc) is 2.22. The Balaban J connectivity index is 2.79. The second-order valence-electron chi connectivity index (χ2n) is 3.94. The molecule has 0 aromatic heterocycles. The lowest BCUT2D eigenvalue weighted by Gasteiger charge is -2.11. The Labute approximate surface area is 101 Å². The first kappa shape index (κ1) is 13.4. The summed E-state index contributed by atoms with van der Waals surface area (Å²) in [6, 6.07) is 4.85. The van der Waals surface area contributed by atoms with Crippen LogP contribution in [0.2, 0.25) is 0 Å². The van der Waals surface area contributed by atoms with E-state index in [0.717, 1.165) is 0 Å². The van der Waals surface area contributed by atoms with Crippen molar-refractivity contribution < 1.29 is 19.4 Å². The van der Waals surface area contributed by atoms with Gasteiger partial charge in [-0.2, -0.15) is 0 Å². The molecule has 4 heteroatoms. The average molecular weight is 238 g/mol. The number of carbonyl (C=O) groups is 1. The van der Waals surface area contributed by atoms with E-state index in [0.29, 0.717) is 17.9 Å². The van der Waals surface area contributed by atoms with Gasteiger partial charge in [0, 0.05) is 5.56 Å². The van der Waals surface area contributed by atoms with Crippen LogP contribution in [0, 0.1) is 0 Å². The highest BCUT2D eigenvalue weighted by Crippen LogP contribution is 2.24. The molecule has 94 valence electrons. The number of carbonyl (C=O) groups excluding carboxylic acids is 1. The van der Waals surface area contributed by atoms with Crippen LogP contribution in [-0.4, -0.2) is 23.8 Å². The predicted octanol–water partition coefficient (Wildman–Crippen LogP) is 2.29. The largest absolute Gasteiger partial charge is 0.508 e. The minimum Gasteiger partial charge on any atom is -0.508 e. The van der Waals surface area contributed by atoms with E-state index in [2.05, 4.69) is 0 Å². The van der Waals surface area contributed by atoms with Crippen molar-refractivity contribution in [3.63, 3.8) is 0 Å². The third kappa shape index (κ3) is 4.34. The van der Waals surface area contributed by atoms with E-state index < -0.39 is 0 Å². The Bertz CT molecular complexity index is 385. The van der Waals surface area contributed by atoms with Gasteiger partial charge in [-0.05, 0) is 39.0 Å². The summed E-state index contributed by atoms with van der Waals surface area (Å²) in [5.41, 5.74) is 0.515. The third-order valence-electron chi connectivity index (χ3n) is 2.06. The Morgan fingerprint density at radius 2 is 2.12 bits per heavy atom. The van der Waals surface area contributed by atoms with Crippen LogP contribution < -0.4 is 4.74 Å². The Kier molecular flexibility index (Phi) is 4.82. The first-order chi connectivity index (χ1) is 8.02. The first-order valence-corrected chi connectivity index (χ1v) is 5.67. The predicted molar refractivity (Wildman–Crippen MR) is 64.2 cm³/mol. The molecule has 0 aliphatic carbocycles. The first-order valence-electron chi connectivity index (χ1n) is 5.67. The molecule has 0 radical (unpaired) electrons. The fourth-order valence-electron chi connectivity index (χ4n) is 1.42. The summed E-state index contributed by atoms with van der Waals surface area (Å²) in [6.07, 6.45) is 0.101. The molecule has 1 aromatic carbocycles. The van der Waals surface area contributed by atoms with Gasteiger partial charge in [0.25, 0.3) is 0 Å². The molecule has 0 saturated heterocycles. The number of benzene rings is 1. The number of ether oxygens (including phenoxy) is 2. The molecular weight excluding hydrogens is 220 g/mol. The van der Waals surface area contributed by atoms with Crippen LogP contribution in [0.1, 0.15) is 26.3 Å². The molecule has 0 atom stereocenters. The molecule has 17 heavy (non-hydrogen) atoms. The van der Waals surface area contributed by atoms with Crippen LogP contribution in [-0.2, 0) is 16.0 Å². The quantitative estimate of drug-likeness (QED) is 0.799. The van der Waals surface area contributed by atoms with E-state index in [4.69, 9.17) is 9.47 Å². The lowest BCUT2D eigenvalue weighted by Crippen LogP contribution is -2.09. The summed E-state index contributed by atoms with van der Waals surface area (Å²) < 4.78 is 10.3. The van der Waals surface area contributed by atoms with Gasteiger partial charge < -0.3 is 14.6 Å². The van der Waals surface area contributed by atoms with E-state index in [-0.39, 0.29) is 24.2 Å². The van der Waals surface area contributed by atoms with Gasteiger partial charge in [-0.25, -0.2) is 0 Å². The van der Waals surface area contributed by atoms with Crippen LogP contribution in [0.15, 0.2) is 18.2 Å². The van der Waals surface area contributed by atoms with Gasteiger partial charge >= 0.3 is 5.97 Å². The second kappa shape index (κ2) is 6.13. The maximum absolute atomic E-state index is 11.3. The molecular formula is C13H18O4. The van der Waals surface area contributed by atoms with E-state index in [1.807, 2.05) is 13.8 Å². The number of aromatic hydroxyl groups is 1. The lowest BCUT2D eigenvalue weighted by molar-refractivity contribution is -0.142. The molecule has 0 aliphatic rings. The Hall–Kier alpha value is -1.71. The number of hydrogen-bond acceptors (Lipinski definition) is 4. The summed E-state index contributed by atoms with van der Waals surface area (Å²) in [6.45, 7) is 5.91. The molecule has 1 aromatic rings. The standard InChI is InChI=1S/C13H18O4/c1-4-16-13(15)8-10-7-11(17-9(2)3)5-6-12(10)14/h5-7,9,14H,4,8H2,1-3H3. The van der Waals surface area contributed by atoms with Crippen LogP contribution >= 0.6 is 0 Å². The monoisotopic (exact) mass is 238 g/mol. The van der Waals surface area contributed by atoms with Crippen molar-refractivity contribution in [1.29, 1.82) is 0 Å². The molecule has 0 aliphatic heterocycles. The highest BCUT2D eigenvalue weighted by molar-refractivity contribution is 5.73. The summed E-state index contributed by atoms with van der Waals surface area (Å²) in [7, 11) is 0. The number of phenolic OH excluding ortho intramolecular Hbond substituents is 1. The molecule has 1 rings (SSSR count). The molecule has 0 unspecified atom stereocenters. The van der Waals surface area contributed by atoms with Crippen LogP contribution in [0.25, 0.3) is 0 Å². The van der Waals surface area contributed by atoms with E-state index in [9.17, 15) is 9.90 Å². The second-order valence-corrected chi connectivity index (χ2v) is 3.94. The molecule has 0 heterocycles. The molecule has 0 amide bonds. The molecule has 0 saturated carbocycles. The molecule has 1 N–H and O–H groups in total. The molecule has 4 nitrogen and oxygen atoms in total. The van der Waals surface area contributed by atoms with Gasteiger partial charge in [-0.15, -0.1) is 0 Å². The van der Waals surface area contributed by atoms with Gasteiger partial charge in [0.15, 0.2) is 0 Å². The summed E-state index contributed by atoms with van der Waals surface area (Å²) >= 11 is 0. The lowest BCUT2D eigenvalue weighted by atomic mass is 10.1. The summed E-state index contributed by atoms with van der Waals surface area (Å²) in [5.74, 6) is 0.357. The number of esters is 1. The maximum Gasteiger partial charge on any atom is 0.310 e. The van der Waals surface area contributed by atoms with E-state index in [1.165, 1.54) is 6.07 Å². The minimum atomic E-state index is -0.357. The third-order valence-corrected chi connectivity index (χ3v) is 2.06. The SMILES string of the molecule is CCOC(=O)Cc1cc(OC(C)C)ccc1O. The van der Waals surface area contributed by atoms with Crippen molar-refractivity contribution in [2.24, 2.45) is 0 Å². The zero-order valence-corrected chi connectivity index (χ0v) is 10.4. The van der Waals surface area contributed by atoms with E-state index >= 15 is 0 Å². The topological polar surface area (TPSA) is 55.8 Å². The van der Waals surface area contributed by atoms with Crippen molar-refractivity contribution >= 4 is 5.97 Å². The fourth-order valence-corrected chi connectivity index (χ4v) is 1.42. The van der Waals surface area contributed by atoms with Crippen LogP contribution in [0.4, 0.5) is 0 Å². The molecule has 0 bridgehead atoms. The zero-order chi connectivity index (χ0) is 12.8. The minimum absolute atomic E-state index is 0.0506. The summed E-state index contributed by atoms with van der Waals surface area (Å²) in [5, 5.41) is 9.62. The van der Waals surface area contributed by atoms with E-state index in [1.54, 1.807) is 19.1 Å². The molecule has 0 spiro atoms. The van der Waals surface area contributed by atoms with Crippen molar-refractivity contribution in [2.45, 2.75) is 33.3 Å². The number of phenols is 1. The van der Waals surface area contributed by atoms with Gasteiger partial charge in [-0.3, -0.25) is 4.79 Å². The van der Waals surface area contributed by atoms with Crippen LogP contribution in [0.3, 0.4) is 0 Å².